The molecule has 1 N–H and O–H groups in total. The van der Waals surface area contributed by atoms with Gasteiger partial charge in [0, 0.05) is 43.0 Å². The minimum atomic E-state index is -0.377. The Morgan fingerprint density at radius 3 is 2.71 bits per heavy atom. The number of thioether (sulfide) groups is 1. The maximum atomic E-state index is 13.4. The van der Waals surface area contributed by atoms with Crippen molar-refractivity contribution in [1.29, 1.82) is 0 Å². The zero-order chi connectivity index (χ0) is 23.9. The van der Waals surface area contributed by atoms with Gasteiger partial charge in [-0.3, -0.25) is 9.59 Å². The fourth-order valence-electron chi connectivity index (χ4n) is 3.57. The number of methoxy groups -OCH3 is 1. The molecular formula is C24H25FN4O4S. The average molecular weight is 485 g/mol. The van der Waals surface area contributed by atoms with Crippen LogP contribution < -0.4 is 15.0 Å². The summed E-state index contributed by atoms with van der Waals surface area (Å²) in [5, 5.41) is 8.19. The molecule has 34 heavy (non-hydrogen) atoms. The predicted octanol–water partition coefficient (Wildman–Crippen LogP) is 3.07. The lowest BCUT2D eigenvalue weighted by atomic mass is 10.2. The highest BCUT2D eigenvalue weighted by Crippen LogP contribution is 2.31. The first-order valence-electron chi connectivity index (χ1n) is 10.9. The molecule has 8 nitrogen and oxygen atoms in total. The van der Waals surface area contributed by atoms with E-state index >= 15 is 0 Å². The molecule has 1 fully saturated rings. The fraction of sp³-hybridized carbons (Fsp3) is 0.333. The number of H-pyrrole nitrogens is 1. The molecule has 0 radical (unpaired) electrons. The van der Waals surface area contributed by atoms with E-state index in [0.717, 1.165) is 24.6 Å². The molecule has 2 aromatic carbocycles. The van der Waals surface area contributed by atoms with Crippen molar-refractivity contribution < 1.29 is 18.7 Å². The molecule has 1 amide bonds. The normalized spacial score (nSPS) is 13.5. The second-order valence-electron chi connectivity index (χ2n) is 7.73. The Labute approximate surface area is 200 Å². The van der Waals surface area contributed by atoms with Gasteiger partial charge in [0.2, 0.25) is 5.91 Å². The van der Waals surface area contributed by atoms with Crippen LogP contribution in [-0.4, -0.2) is 57.7 Å². The largest absolute Gasteiger partial charge is 0.493 e. The smallest absolute Gasteiger partial charge is 0.273 e. The highest BCUT2D eigenvalue weighted by molar-refractivity contribution is 7.99. The van der Waals surface area contributed by atoms with Crippen LogP contribution in [0, 0.1) is 5.82 Å². The van der Waals surface area contributed by atoms with E-state index in [-0.39, 0.29) is 48.3 Å². The van der Waals surface area contributed by atoms with Crippen LogP contribution in [0.4, 0.5) is 4.39 Å². The Hall–Kier alpha value is -3.40. The van der Waals surface area contributed by atoms with Crippen LogP contribution >= 0.6 is 11.8 Å². The Bertz CT molecular complexity index is 1210. The van der Waals surface area contributed by atoms with E-state index in [2.05, 4.69) is 15.2 Å². The average Bonchev–Trinajstić information content (AvgIpc) is 2.87. The van der Waals surface area contributed by atoms with Crippen LogP contribution in [0.25, 0.3) is 11.4 Å². The SMILES string of the molecule is COc1cc(-c2nnc(CCC(=O)N3CCSCC3)c(=O)[nH]2)ccc1OCc1cccc(F)c1. The number of halogens is 1. The van der Waals surface area contributed by atoms with Crippen LogP contribution in [-0.2, 0) is 17.8 Å². The number of carbonyl (C=O) groups excluding carboxylic acids is 1. The van der Waals surface area contributed by atoms with E-state index in [1.807, 2.05) is 16.7 Å². The quantitative estimate of drug-likeness (QED) is 0.525. The molecule has 10 heteroatoms. The van der Waals surface area contributed by atoms with Crippen molar-refractivity contribution >= 4 is 17.7 Å². The molecule has 0 aliphatic carbocycles. The van der Waals surface area contributed by atoms with Gasteiger partial charge in [0.15, 0.2) is 17.3 Å². The molecule has 0 spiro atoms. The van der Waals surface area contributed by atoms with E-state index in [1.165, 1.54) is 19.2 Å². The molecule has 3 aromatic rings. The summed E-state index contributed by atoms with van der Waals surface area (Å²) in [4.78, 5) is 29.4. The van der Waals surface area contributed by atoms with Gasteiger partial charge in [-0.15, -0.1) is 10.2 Å². The molecule has 0 unspecified atom stereocenters. The highest BCUT2D eigenvalue weighted by atomic mass is 32.2. The summed E-state index contributed by atoms with van der Waals surface area (Å²) in [5.41, 5.74) is 1.13. The molecule has 4 rings (SSSR count). The Kier molecular flexibility index (Phi) is 7.79. The van der Waals surface area contributed by atoms with Gasteiger partial charge in [0.05, 0.1) is 7.11 Å². The number of benzene rings is 2. The van der Waals surface area contributed by atoms with E-state index in [4.69, 9.17) is 9.47 Å². The van der Waals surface area contributed by atoms with Gasteiger partial charge in [-0.1, -0.05) is 12.1 Å². The third-order valence-electron chi connectivity index (χ3n) is 5.42. The molecule has 1 aliphatic rings. The van der Waals surface area contributed by atoms with Crippen molar-refractivity contribution in [2.24, 2.45) is 0 Å². The zero-order valence-corrected chi connectivity index (χ0v) is 19.6. The number of aromatic amines is 1. The Morgan fingerprint density at radius 1 is 1.15 bits per heavy atom. The minimum Gasteiger partial charge on any atom is -0.493 e. The molecule has 178 valence electrons. The van der Waals surface area contributed by atoms with Gasteiger partial charge in [-0.05, 0) is 35.9 Å². The first-order chi connectivity index (χ1) is 16.5. The van der Waals surface area contributed by atoms with Gasteiger partial charge in [-0.2, -0.15) is 11.8 Å². The second-order valence-corrected chi connectivity index (χ2v) is 8.95. The molecule has 2 heterocycles. The molecule has 0 bridgehead atoms. The number of carbonyl (C=O) groups is 1. The Balaban J connectivity index is 1.42. The van der Waals surface area contributed by atoms with E-state index in [9.17, 15) is 14.0 Å². The summed E-state index contributed by atoms with van der Waals surface area (Å²) in [6.45, 7) is 1.66. The number of nitrogens with one attached hydrogen (secondary N) is 1. The third-order valence-corrected chi connectivity index (χ3v) is 6.37. The number of amides is 1. The van der Waals surface area contributed by atoms with Gasteiger partial charge in [0.1, 0.15) is 18.1 Å². The van der Waals surface area contributed by atoms with Crippen LogP contribution in [0.3, 0.4) is 0 Å². The van der Waals surface area contributed by atoms with Crippen molar-refractivity contribution in [3.8, 4) is 22.9 Å². The number of nitrogens with zero attached hydrogens (tertiary/aromatic N) is 3. The summed E-state index contributed by atoms with van der Waals surface area (Å²) >= 11 is 1.84. The minimum absolute atomic E-state index is 0.0316. The monoisotopic (exact) mass is 484 g/mol. The molecule has 1 aliphatic heterocycles. The van der Waals surface area contributed by atoms with E-state index in [1.54, 1.807) is 30.3 Å². The van der Waals surface area contributed by atoms with Crippen molar-refractivity contribution in [3.05, 3.63) is 69.9 Å². The number of hydrogen-bond donors (Lipinski definition) is 1. The Morgan fingerprint density at radius 2 is 1.97 bits per heavy atom. The maximum Gasteiger partial charge on any atom is 0.273 e. The number of aryl methyl sites for hydroxylation is 1. The van der Waals surface area contributed by atoms with Gasteiger partial charge >= 0.3 is 0 Å². The summed E-state index contributed by atoms with van der Waals surface area (Å²) in [6.07, 6.45) is 0.466. The number of ether oxygens (including phenoxy) is 2. The first-order valence-corrected chi connectivity index (χ1v) is 12.1. The first kappa shape index (κ1) is 23.7. The van der Waals surface area contributed by atoms with Crippen molar-refractivity contribution in [2.45, 2.75) is 19.4 Å². The standard InChI is InChI=1S/C24H25FN4O4S/c1-32-21-14-17(5-7-20(21)33-15-16-3-2-4-18(25)13-16)23-26-24(31)19(27-28-23)6-8-22(30)29-9-11-34-12-10-29/h2-5,7,13-14H,6,8-12,15H2,1H3,(H,26,28,31). The summed E-state index contributed by atoms with van der Waals surface area (Å²) in [7, 11) is 1.50. The maximum absolute atomic E-state index is 13.4. The fourth-order valence-corrected chi connectivity index (χ4v) is 4.48. The highest BCUT2D eigenvalue weighted by Gasteiger charge is 2.18. The molecule has 1 aromatic heterocycles. The van der Waals surface area contributed by atoms with E-state index < -0.39 is 0 Å². The third kappa shape index (κ3) is 5.93. The van der Waals surface area contributed by atoms with Crippen LogP contribution in [0.1, 0.15) is 17.7 Å². The lowest BCUT2D eigenvalue weighted by Crippen LogP contribution is -2.38. The molecule has 1 saturated heterocycles. The number of rotatable bonds is 8. The van der Waals surface area contributed by atoms with Crippen molar-refractivity contribution in [1.82, 2.24) is 20.1 Å². The van der Waals surface area contributed by atoms with E-state index in [0.29, 0.717) is 22.6 Å². The lowest BCUT2D eigenvalue weighted by Gasteiger charge is -2.26. The summed E-state index contributed by atoms with van der Waals surface area (Å²) < 4.78 is 24.6. The van der Waals surface area contributed by atoms with Crippen molar-refractivity contribution in [2.75, 3.05) is 31.7 Å². The number of hydrogen-bond acceptors (Lipinski definition) is 7. The van der Waals surface area contributed by atoms with Gasteiger partial charge < -0.3 is 19.4 Å². The second kappa shape index (κ2) is 11.1. The molecular weight excluding hydrogens is 459 g/mol. The topological polar surface area (TPSA) is 97.4 Å². The van der Waals surface area contributed by atoms with Crippen LogP contribution in [0.15, 0.2) is 47.3 Å². The molecule has 0 saturated carbocycles. The zero-order valence-electron chi connectivity index (χ0n) is 18.8. The van der Waals surface area contributed by atoms with Crippen LogP contribution in [0.2, 0.25) is 0 Å². The van der Waals surface area contributed by atoms with Gasteiger partial charge in [-0.25, -0.2) is 4.39 Å². The summed E-state index contributed by atoms with van der Waals surface area (Å²) in [5.74, 6) is 2.78. The lowest BCUT2D eigenvalue weighted by molar-refractivity contribution is -0.130. The van der Waals surface area contributed by atoms with Crippen LogP contribution in [0.5, 0.6) is 11.5 Å². The predicted molar refractivity (Wildman–Crippen MR) is 128 cm³/mol. The van der Waals surface area contributed by atoms with Crippen molar-refractivity contribution in [3.63, 3.8) is 0 Å². The molecule has 0 atom stereocenters. The summed E-state index contributed by atoms with van der Waals surface area (Å²) in [6, 6.07) is 11.3. The number of aromatic nitrogens is 3. The van der Waals surface area contributed by atoms with Gasteiger partial charge in [0.25, 0.3) is 5.56 Å².